The number of rotatable bonds is 22. The summed E-state index contributed by atoms with van der Waals surface area (Å²) in [6, 6.07) is 0. The molecule has 0 aliphatic rings. The molecular formula is C27H50O2. The number of unbranched alkanes of at least 4 members (excludes halogenated alkanes) is 22. The highest BCUT2D eigenvalue weighted by Gasteiger charge is 1.95. The lowest BCUT2D eigenvalue weighted by atomic mass is 10.0. The Hall–Kier alpha value is -0.970. The Balaban J connectivity index is 3.03. The molecule has 0 bridgehead atoms. The van der Waals surface area contributed by atoms with Crippen molar-refractivity contribution in [2.45, 2.75) is 155 Å². The van der Waals surface area contributed by atoms with E-state index in [0.29, 0.717) is 0 Å². The summed E-state index contributed by atoms with van der Waals surface area (Å²) in [6.07, 6.45) is 31.3. The largest absolute Gasteiger partial charge is 0.472 e. The fourth-order valence-electron chi connectivity index (χ4n) is 3.96. The van der Waals surface area contributed by atoms with Gasteiger partial charge in [-0.2, -0.15) is 0 Å². The summed E-state index contributed by atoms with van der Waals surface area (Å²) < 4.78 is 0. The van der Waals surface area contributed by atoms with Gasteiger partial charge in [-0.15, -0.1) is 0 Å². The molecule has 29 heavy (non-hydrogen) atoms. The van der Waals surface area contributed by atoms with Gasteiger partial charge in [0.05, 0.1) is 0 Å². The van der Waals surface area contributed by atoms with Crippen LogP contribution in [0.5, 0.6) is 0 Å². The van der Waals surface area contributed by atoms with Gasteiger partial charge in [0.15, 0.2) is 0 Å². The van der Waals surface area contributed by atoms with E-state index < -0.39 is 5.97 Å². The molecule has 0 atom stereocenters. The van der Waals surface area contributed by atoms with Gasteiger partial charge in [-0.05, 0) is 6.42 Å². The van der Waals surface area contributed by atoms with E-state index in [1.807, 2.05) is 0 Å². The van der Waals surface area contributed by atoms with Crippen LogP contribution in [0.2, 0.25) is 0 Å². The maximum Gasteiger partial charge on any atom is 0.381 e. The summed E-state index contributed by atoms with van der Waals surface area (Å²) in [7, 11) is 0. The number of carbonyl (C=O) groups is 1. The summed E-state index contributed by atoms with van der Waals surface area (Å²) in [5, 5.41) is 8.42. The molecular weight excluding hydrogens is 356 g/mol. The molecule has 0 radical (unpaired) electrons. The first kappa shape index (κ1) is 28.0. The molecule has 0 aromatic carbocycles. The van der Waals surface area contributed by atoms with Crippen LogP contribution in [-0.2, 0) is 4.79 Å². The third-order valence-corrected chi connectivity index (χ3v) is 5.85. The van der Waals surface area contributed by atoms with Crippen molar-refractivity contribution in [2.75, 3.05) is 0 Å². The van der Waals surface area contributed by atoms with Crippen molar-refractivity contribution < 1.29 is 9.90 Å². The maximum atomic E-state index is 10.2. The fraction of sp³-hybridized carbons (Fsp3) is 0.889. The smallest absolute Gasteiger partial charge is 0.381 e. The van der Waals surface area contributed by atoms with Gasteiger partial charge in [-0.25, -0.2) is 4.79 Å². The molecule has 0 rings (SSSR count). The van der Waals surface area contributed by atoms with Gasteiger partial charge < -0.3 is 5.11 Å². The van der Waals surface area contributed by atoms with Crippen LogP contribution in [0.3, 0.4) is 0 Å². The van der Waals surface area contributed by atoms with E-state index in [1.54, 1.807) is 0 Å². The lowest BCUT2D eigenvalue weighted by Gasteiger charge is -2.04. The average Bonchev–Trinajstić information content (AvgIpc) is 2.71. The minimum absolute atomic E-state index is 0.728. The van der Waals surface area contributed by atoms with Crippen molar-refractivity contribution >= 4 is 5.97 Å². The molecule has 2 nitrogen and oxygen atoms in total. The monoisotopic (exact) mass is 406 g/mol. The molecule has 0 amide bonds. The first-order valence-corrected chi connectivity index (χ1v) is 13.0. The molecule has 0 spiro atoms. The second-order valence-corrected chi connectivity index (χ2v) is 8.78. The molecule has 0 fully saturated rings. The van der Waals surface area contributed by atoms with E-state index in [4.69, 9.17) is 5.11 Å². The topological polar surface area (TPSA) is 37.3 Å². The van der Waals surface area contributed by atoms with Crippen LogP contribution in [0.25, 0.3) is 0 Å². The van der Waals surface area contributed by atoms with Crippen LogP contribution in [0.15, 0.2) is 0 Å². The molecule has 0 heterocycles. The van der Waals surface area contributed by atoms with Crippen molar-refractivity contribution in [3.8, 4) is 11.8 Å². The fourth-order valence-corrected chi connectivity index (χ4v) is 3.96. The molecule has 0 saturated heterocycles. The second kappa shape index (κ2) is 25.1. The Morgan fingerprint density at radius 3 is 1.07 bits per heavy atom. The van der Waals surface area contributed by atoms with Crippen LogP contribution in [-0.4, -0.2) is 11.1 Å². The van der Waals surface area contributed by atoms with Crippen molar-refractivity contribution in [3.05, 3.63) is 0 Å². The summed E-state index contributed by atoms with van der Waals surface area (Å²) in [5.74, 6) is 3.86. The van der Waals surface area contributed by atoms with Gasteiger partial charge in [0.1, 0.15) is 0 Å². The number of aliphatic carboxylic acids is 1. The van der Waals surface area contributed by atoms with E-state index in [0.717, 1.165) is 12.8 Å². The third-order valence-electron chi connectivity index (χ3n) is 5.85. The average molecular weight is 407 g/mol. The first-order valence-electron chi connectivity index (χ1n) is 13.0. The predicted molar refractivity (Wildman–Crippen MR) is 127 cm³/mol. The normalized spacial score (nSPS) is 10.7. The molecule has 0 unspecified atom stereocenters. The van der Waals surface area contributed by atoms with Gasteiger partial charge in [-0.3, -0.25) is 0 Å². The number of carboxylic acids is 1. The zero-order chi connectivity index (χ0) is 21.3. The number of hydrogen-bond donors (Lipinski definition) is 1. The van der Waals surface area contributed by atoms with Crippen LogP contribution >= 0.6 is 0 Å². The molecule has 0 aromatic heterocycles. The molecule has 0 saturated carbocycles. The second-order valence-electron chi connectivity index (χ2n) is 8.78. The van der Waals surface area contributed by atoms with Crippen molar-refractivity contribution in [1.29, 1.82) is 0 Å². The Morgan fingerprint density at radius 2 is 0.793 bits per heavy atom. The summed E-state index contributed by atoms with van der Waals surface area (Å²) in [5.41, 5.74) is 0. The minimum atomic E-state index is -1.01. The zero-order valence-corrected chi connectivity index (χ0v) is 19.6. The standard InChI is InChI=1S/C27H50O2/c1-2-3-4-5-6-7-8-9-10-11-12-13-14-15-16-17-18-19-20-21-22-23-24-25-26-27(28)29/h2-24H2,1H3,(H,28,29). The van der Waals surface area contributed by atoms with E-state index in [9.17, 15) is 4.79 Å². The highest BCUT2D eigenvalue weighted by atomic mass is 16.4. The Labute approximate surface area is 182 Å². The van der Waals surface area contributed by atoms with Gasteiger partial charge in [0.2, 0.25) is 0 Å². The van der Waals surface area contributed by atoms with Gasteiger partial charge in [0, 0.05) is 12.3 Å². The predicted octanol–water partition coefficient (Wildman–Crippen LogP) is 9.07. The van der Waals surface area contributed by atoms with Crippen LogP contribution in [0.4, 0.5) is 0 Å². The van der Waals surface area contributed by atoms with E-state index in [2.05, 4.69) is 18.8 Å². The van der Waals surface area contributed by atoms with Gasteiger partial charge in [-0.1, -0.05) is 148 Å². The van der Waals surface area contributed by atoms with Crippen molar-refractivity contribution in [2.24, 2.45) is 0 Å². The minimum Gasteiger partial charge on any atom is -0.472 e. The van der Waals surface area contributed by atoms with Gasteiger partial charge in [0.25, 0.3) is 0 Å². The lowest BCUT2D eigenvalue weighted by molar-refractivity contribution is -0.130. The van der Waals surface area contributed by atoms with E-state index in [1.165, 1.54) is 135 Å². The molecule has 2 heteroatoms. The summed E-state index contributed by atoms with van der Waals surface area (Å²) in [6.45, 7) is 2.29. The Morgan fingerprint density at radius 1 is 0.517 bits per heavy atom. The van der Waals surface area contributed by atoms with Gasteiger partial charge >= 0.3 is 5.97 Å². The maximum absolute atomic E-state index is 10.2. The first-order chi connectivity index (χ1) is 14.3. The van der Waals surface area contributed by atoms with Crippen LogP contribution in [0, 0.1) is 11.8 Å². The molecule has 0 aromatic rings. The Bertz CT molecular complexity index is 391. The summed E-state index contributed by atoms with van der Waals surface area (Å²) >= 11 is 0. The molecule has 0 aliphatic carbocycles. The van der Waals surface area contributed by atoms with Crippen molar-refractivity contribution in [1.82, 2.24) is 0 Å². The van der Waals surface area contributed by atoms with Crippen LogP contribution in [0.1, 0.15) is 155 Å². The number of carboxylic acid groups (broad SMARTS) is 1. The molecule has 1 N–H and O–H groups in total. The van der Waals surface area contributed by atoms with E-state index in [-0.39, 0.29) is 0 Å². The zero-order valence-electron chi connectivity index (χ0n) is 19.6. The highest BCUT2D eigenvalue weighted by Crippen LogP contribution is 2.15. The lowest BCUT2D eigenvalue weighted by Crippen LogP contribution is -1.86. The van der Waals surface area contributed by atoms with Crippen LogP contribution < -0.4 is 0 Å². The number of hydrogen-bond acceptors (Lipinski definition) is 1. The SMILES string of the molecule is CCCCCCCCCCCCCCCCCCCCCCCCC#CC(=O)O. The highest BCUT2D eigenvalue weighted by molar-refractivity contribution is 5.86. The third kappa shape index (κ3) is 27.0. The quantitative estimate of drug-likeness (QED) is 0.144. The molecule has 0 aliphatic heterocycles. The summed E-state index contributed by atoms with van der Waals surface area (Å²) in [4.78, 5) is 10.2. The Kier molecular flexibility index (Phi) is 24.2. The van der Waals surface area contributed by atoms with Crippen molar-refractivity contribution in [3.63, 3.8) is 0 Å². The molecule has 170 valence electrons. The van der Waals surface area contributed by atoms with E-state index >= 15 is 0 Å².